The molecule has 152 valence electrons. The van der Waals surface area contributed by atoms with Gasteiger partial charge in [0.15, 0.2) is 23.3 Å². The van der Waals surface area contributed by atoms with Crippen LogP contribution in [0.15, 0.2) is 53.6 Å². The van der Waals surface area contributed by atoms with Crippen LogP contribution in [0.2, 0.25) is 0 Å². The molecule has 1 aromatic heterocycles. The zero-order chi connectivity index (χ0) is 21.7. The lowest BCUT2D eigenvalue weighted by molar-refractivity contribution is -0.115. The molecule has 0 saturated heterocycles. The van der Waals surface area contributed by atoms with E-state index < -0.39 is 34.9 Å². The smallest absolute Gasteiger partial charge is 0.225 e. The lowest BCUT2D eigenvalue weighted by Gasteiger charge is -2.09. The number of halogens is 4. The molecule has 30 heavy (non-hydrogen) atoms. The Hall–Kier alpha value is -3.38. The molecule has 0 fully saturated rings. The van der Waals surface area contributed by atoms with Crippen LogP contribution in [0.25, 0.3) is 11.3 Å². The lowest BCUT2D eigenvalue weighted by atomic mass is 10.1. The number of rotatable bonds is 6. The highest BCUT2D eigenvalue weighted by molar-refractivity contribution is 7.99. The molecule has 9 heteroatoms. The molecule has 0 spiro atoms. The minimum absolute atomic E-state index is 0.0605. The van der Waals surface area contributed by atoms with E-state index in [0.717, 1.165) is 17.3 Å². The predicted octanol–water partition coefficient (Wildman–Crippen LogP) is 5.30. The van der Waals surface area contributed by atoms with Gasteiger partial charge in [0, 0.05) is 23.8 Å². The zero-order valence-corrected chi connectivity index (χ0v) is 16.1. The van der Waals surface area contributed by atoms with Crippen LogP contribution < -0.4 is 5.32 Å². The number of nitrogens with one attached hydrogen (secondary N) is 1. The number of nitrogens with zero attached hydrogens (tertiary/aromatic N) is 2. The van der Waals surface area contributed by atoms with E-state index in [1.54, 1.807) is 12.1 Å². The van der Waals surface area contributed by atoms with Gasteiger partial charge in [-0.1, -0.05) is 30.3 Å². The van der Waals surface area contributed by atoms with Gasteiger partial charge in [-0.05, 0) is 12.1 Å². The fourth-order valence-electron chi connectivity index (χ4n) is 2.53. The van der Waals surface area contributed by atoms with Crippen LogP contribution in [-0.2, 0) is 4.79 Å². The molecular formula is C21H13F4N3OS. The third-order valence-corrected chi connectivity index (χ3v) is 4.99. The van der Waals surface area contributed by atoms with Crippen LogP contribution in [0.1, 0.15) is 12.0 Å². The molecule has 0 atom stereocenters. The Labute approximate surface area is 173 Å². The predicted molar refractivity (Wildman–Crippen MR) is 105 cm³/mol. The first-order valence-electron chi connectivity index (χ1n) is 8.63. The van der Waals surface area contributed by atoms with Crippen LogP contribution in [0.3, 0.4) is 0 Å². The summed E-state index contributed by atoms with van der Waals surface area (Å²) < 4.78 is 53.8. The van der Waals surface area contributed by atoms with Crippen LogP contribution >= 0.6 is 11.8 Å². The van der Waals surface area contributed by atoms with E-state index in [4.69, 9.17) is 0 Å². The van der Waals surface area contributed by atoms with Crippen LogP contribution in [-0.4, -0.2) is 16.6 Å². The Kier molecular flexibility index (Phi) is 6.69. The van der Waals surface area contributed by atoms with E-state index in [9.17, 15) is 27.6 Å². The summed E-state index contributed by atoms with van der Waals surface area (Å²) in [5.41, 5.74) is 0.621. The fourth-order valence-corrected chi connectivity index (χ4v) is 3.44. The van der Waals surface area contributed by atoms with Crippen molar-refractivity contribution in [3.05, 3.63) is 77.4 Å². The number of pyridine rings is 1. The third kappa shape index (κ3) is 4.78. The number of hydrogen-bond acceptors (Lipinski definition) is 4. The van der Waals surface area contributed by atoms with Crippen molar-refractivity contribution in [2.75, 3.05) is 11.1 Å². The maximum Gasteiger partial charge on any atom is 0.225 e. The monoisotopic (exact) mass is 431 g/mol. The van der Waals surface area contributed by atoms with Crippen LogP contribution in [0.5, 0.6) is 0 Å². The van der Waals surface area contributed by atoms with Crippen molar-refractivity contribution in [2.24, 2.45) is 0 Å². The highest BCUT2D eigenvalue weighted by Crippen LogP contribution is 2.27. The number of thioether (sulfide) groups is 1. The molecule has 0 aliphatic heterocycles. The van der Waals surface area contributed by atoms with Crippen molar-refractivity contribution in [3.8, 4) is 17.3 Å². The van der Waals surface area contributed by atoms with Gasteiger partial charge in [0.2, 0.25) is 5.91 Å². The summed E-state index contributed by atoms with van der Waals surface area (Å²) in [6.07, 6.45) is -0.232. The molecule has 3 rings (SSSR count). The van der Waals surface area contributed by atoms with Crippen LogP contribution in [0.4, 0.5) is 23.2 Å². The second-order valence-electron chi connectivity index (χ2n) is 6.02. The molecular weight excluding hydrogens is 418 g/mol. The molecule has 0 saturated carbocycles. The quantitative estimate of drug-likeness (QED) is 0.327. The van der Waals surface area contributed by atoms with E-state index >= 15 is 0 Å². The van der Waals surface area contributed by atoms with Crippen LogP contribution in [0, 0.1) is 34.6 Å². The Balaban J connectivity index is 1.68. The standard InChI is InChI=1S/C21H13F4N3OS/c22-14-10-15(23)19(25)20(18(14)24)28-17(29)8-9-30-21-13(11-26)6-7-16(27-21)12-4-2-1-3-5-12/h1-7,10H,8-9H2,(H,28,29). The first kappa shape index (κ1) is 21.3. The van der Waals surface area contributed by atoms with Gasteiger partial charge in [-0.15, -0.1) is 11.8 Å². The fraction of sp³-hybridized carbons (Fsp3) is 0.0952. The highest BCUT2D eigenvalue weighted by atomic mass is 32.2. The van der Waals surface area contributed by atoms with Crippen molar-refractivity contribution < 1.29 is 22.4 Å². The number of aromatic nitrogens is 1. The topological polar surface area (TPSA) is 65.8 Å². The number of carbonyl (C=O) groups is 1. The molecule has 0 bridgehead atoms. The molecule has 0 radical (unpaired) electrons. The summed E-state index contributed by atoms with van der Waals surface area (Å²) >= 11 is 1.10. The Morgan fingerprint density at radius 1 is 1.03 bits per heavy atom. The second-order valence-corrected chi connectivity index (χ2v) is 7.10. The summed E-state index contributed by atoms with van der Waals surface area (Å²) in [7, 11) is 0. The second kappa shape index (κ2) is 9.41. The van der Waals surface area contributed by atoms with Gasteiger partial charge in [0.25, 0.3) is 0 Å². The Morgan fingerprint density at radius 3 is 2.33 bits per heavy atom. The zero-order valence-electron chi connectivity index (χ0n) is 15.3. The van der Waals surface area contributed by atoms with Crippen molar-refractivity contribution in [1.29, 1.82) is 5.26 Å². The van der Waals surface area contributed by atoms with E-state index in [-0.39, 0.29) is 18.2 Å². The van der Waals surface area contributed by atoms with Gasteiger partial charge in [-0.3, -0.25) is 4.79 Å². The number of anilines is 1. The van der Waals surface area contributed by atoms with Gasteiger partial charge in [-0.25, -0.2) is 22.5 Å². The minimum atomic E-state index is -1.68. The van der Waals surface area contributed by atoms with Gasteiger partial charge in [0.05, 0.1) is 11.3 Å². The molecule has 0 unspecified atom stereocenters. The molecule has 3 aromatic rings. The number of nitriles is 1. The molecule has 1 heterocycles. The van der Waals surface area contributed by atoms with Gasteiger partial charge in [-0.2, -0.15) is 5.26 Å². The highest BCUT2D eigenvalue weighted by Gasteiger charge is 2.21. The van der Waals surface area contributed by atoms with E-state index in [2.05, 4.69) is 4.98 Å². The largest absolute Gasteiger partial charge is 0.321 e. The molecule has 0 aliphatic carbocycles. The van der Waals surface area contributed by atoms with Gasteiger partial charge in [0.1, 0.15) is 16.8 Å². The maximum atomic E-state index is 13.6. The van der Waals surface area contributed by atoms with Crippen molar-refractivity contribution >= 4 is 23.4 Å². The average Bonchev–Trinajstić information content (AvgIpc) is 2.76. The summed E-state index contributed by atoms with van der Waals surface area (Å²) in [6.45, 7) is 0. The minimum Gasteiger partial charge on any atom is -0.321 e. The van der Waals surface area contributed by atoms with Gasteiger partial charge < -0.3 is 5.32 Å². The van der Waals surface area contributed by atoms with Crippen molar-refractivity contribution in [2.45, 2.75) is 11.4 Å². The number of amides is 1. The number of hydrogen-bond donors (Lipinski definition) is 1. The van der Waals surface area contributed by atoms with E-state index in [1.165, 1.54) is 0 Å². The Bertz CT molecular complexity index is 1110. The summed E-state index contributed by atoms with van der Waals surface area (Å²) in [6, 6.07) is 14.7. The Morgan fingerprint density at radius 2 is 1.70 bits per heavy atom. The molecule has 1 amide bonds. The number of carbonyl (C=O) groups excluding carboxylic acids is 1. The van der Waals surface area contributed by atoms with Gasteiger partial charge >= 0.3 is 0 Å². The molecule has 0 aliphatic rings. The first-order valence-corrected chi connectivity index (χ1v) is 9.61. The van der Waals surface area contributed by atoms with Crippen molar-refractivity contribution in [1.82, 2.24) is 4.98 Å². The molecule has 4 nitrogen and oxygen atoms in total. The normalized spacial score (nSPS) is 10.5. The maximum absolute atomic E-state index is 13.6. The van der Waals surface area contributed by atoms with Crippen molar-refractivity contribution in [3.63, 3.8) is 0 Å². The summed E-state index contributed by atoms with van der Waals surface area (Å²) in [5.74, 6) is -7.31. The SMILES string of the molecule is N#Cc1ccc(-c2ccccc2)nc1SCCC(=O)Nc1c(F)c(F)cc(F)c1F. The first-order chi connectivity index (χ1) is 14.4. The van der Waals surface area contributed by atoms with E-state index in [0.29, 0.717) is 16.3 Å². The summed E-state index contributed by atoms with van der Waals surface area (Å²) in [5, 5.41) is 11.5. The molecule has 1 N–H and O–H groups in total. The number of benzene rings is 2. The molecule has 2 aromatic carbocycles. The lowest BCUT2D eigenvalue weighted by Crippen LogP contribution is -2.16. The van der Waals surface area contributed by atoms with E-state index in [1.807, 2.05) is 41.7 Å². The average molecular weight is 431 g/mol. The third-order valence-electron chi connectivity index (χ3n) is 3.99. The summed E-state index contributed by atoms with van der Waals surface area (Å²) in [4.78, 5) is 16.4.